The van der Waals surface area contributed by atoms with Gasteiger partial charge in [0, 0.05) is 18.1 Å². The summed E-state index contributed by atoms with van der Waals surface area (Å²) in [7, 11) is 2.43. The van der Waals surface area contributed by atoms with Crippen molar-refractivity contribution >= 4 is 24.0 Å². The van der Waals surface area contributed by atoms with Gasteiger partial charge in [-0.25, -0.2) is 19.2 Å². The van der Waals surface area contributed by atoms with E-state index in [1.807, 2.05) is 6.07 Å². The third kappa shape index (κ3) is 6.70. The molecule has 9 heteroatoms. The van der Waals surface area contributed by atoms with Gasteiger partial charge in [0.05, 0.1) is 20.3 Å². The van der Waals surface area contributed by atoms with Crippen molar-refractivity contribution in [1.82, 2.24) is 4.90 Å². The van der Waals surface area contributed by atoms with Crippen molar-refractivity contribution in [2.45, 2.75) is 31.5 Å². The van der Waals surface area contributed by atoms with Crippen LogP contribution in [0.5, 0.6) is 0 Å². The van der Waals surface area contributed by atoms with Gasteiger partial charge in [-0.15, -0.1) is 0 Å². The molecule has 0 radical (unpaired) electrons. The Kier molecular flexibility index (Phi) is 8.80. The molecule has 0 unspecified atom stereocenters. The molecule has 0 aromatic heterocycles. The number of ether oxygens (including phenoxy) is 3. The second-order valence-corrected chi connectivity index (χ2v) is 6.80. The first kappa shape index (κ1) is 23.7. The van der Waals surface area contributed by atoms with Gasteiger partial charge in [-0.2, -0.15) is 0 Å². The van der Waals surface area contributed by atoms with Crippen molar-refractivity contribution in [3.63, 3.8) is 0 Å². The highest BCUT2D eigenvalue weighted by atomic mass is 16.6. The second kappa shape index (κ2) is 11.5. The predicted molar refractivity (Wildman–Crippen MR) is 109 cm³/mol. The molecule has 9 nitrogen and oxygen atoms in total. The molecular formula is C22H25NO8. The Morgan fingerprint density at radius 2 is 1.61 bits per heavy atom. The lowest BCUT2D eigenvalue weighted by Gasteiger charge is -2.41. The topological polar surface area (TPSA) is 119 Å². The van der Waals surface area contributed by atoms with Crippen LogP contribution in [0.1, 0.15) is 18.4 Å². The van der Waals surface area contributed by atoms with Gasteiger partial charge in [-0.05, 0) is 18.4 Å². The lowest BCUT2D eigenvalue weighted by molar-refractivity contribution is -0.146. The summed E-state index contributed by atoms with van der Waals surface area (Å²) in [5.74, 6) is -3.16. The first-order chi connectivity index (χ1) is 14.9. The van der Waals surface area contributed by atoms with Crippen LogP contribution in [0.15, 0.2) is 54.6 Å². The maximum atomic E-state index is 12.9. The summed E-state index contributed by atoms with van der Waals surface area (Å²) in [5.41, 5.74) is 0.739. The number of carbonyl (C=O) groups is 4. The molecular weight excluding hydrogens is 406 g/mol. The van der Waals surface area contributed by atoms with Crippen molar-refractivity contribution < 1.29 is 38.5 Å². The number of piperidine rings is 1. The number of hydrogen-bond donors (Lipinski definition) is 1. The third-order valence-corrected chi connectivity index (χ3v) is 4.86. The Hall–Kier alpha value is -3.62. The summed E-state index contributed by atoms with van der Waals surface area (Å²) in [4.78, 5) is 49.1. The predicted octanol–water partition coefficient (Wildman–Crippen LogP) is 2.32. The number of esters is 2. The van der Waals surface area contributed by atoms with E-state index in [0.717, 1.165) is 22.6 Å². The zero-order valence-corrected chi connectivity index (χ0v) is 17.3. The minimum Gasteiger partial charge on any atom is -0.480 e. The van der Waals surface area contributed by atoms with Crippen LogP contribution in [0.25, 0.3) is 0 Å². The zero-order chi connectivity index (χ0) is 22.8. The smallest absolute Gasteiger partial charge is 0.411 e. The number of rotatable bonds is 7. The number of benzene rings is 1. The first-order valence-electron chi connectivity index (χ1n) is 9.61. The summed E-state index contributed by atoms with van der Waals surface area (Å²) in [5, 5.41) is 9.86. The maximum Gasteiger partial charge on any atom is 0.411 e. The lowest BCUT2D eigenvalue weighted by Crippen LogP contribution is -2.56. The molecule has 1 saturated heterocycles. The van der Waals surface area contributed by atoms with Crippen molar-refractivity contribution in [3.05, 3.63) is 60.2 Å². The molecule has 0 saturated carbocycles. The molecule has 1 amide bonds. The molecule has 1 N–H and O–H groups in total. The van der Waals surface area contributed by atoms with E-state index in [1.165, 1.54) is 26.4 Å². The van der Waals surface area contributed by atoms with Gasteiger partial charge in [-0.3, -0.25) is 4.90 Å². The van der Waals surface area contributed by atoms with E-state index in [-0.39, 0.29) is 6.61 Å². The highest BCUT2D eigenvalue weighted by molar-refractivity contribution is 5.84. The van der Waals surface area contributed by atoms with Gasteiger partial charge in [0.1, 0.15) is 12.6 Å². The molecule has 31 heavy (non-hydrogen) atoms. The number of carboxylic acid groups (broad SMARTS) is 1. The number of aliphatic carboxylic acids is 1. The average molecular weight is 431 g/mol. The zero-order valence-electron chi connectivity index (χ0n) is 17.3. The molecule has 1 aliphatic rings. The van der Waals surface area contributed by atoms with Crippen LogP contribution < -0.4 is 0 Å². The van der Waals surface area contributed by atoms with E-state index in [0.29, 0.717) is 12.8 Å². The van der Waals surface area contributed by atoms with Crippen molar-refractivity contribution in [3.8, 4) is 0 Å². The summed E-state index contributed by atoms with van der Waals surface area (Å²) in [6.07, 6.45) is 5.00. The lowest BCUT2D eigenvalue weighted by atomic mass is 9.85. The number of amides is 1. The molecule has 166 valence electrons. The highest BCUT2D eigenvalue weighted by Crippen LogP contribution is 2.31. The Morgan fingerprint density at radius 3 is 2.19 bits per heavy atom. The van der Waals surface area contributed by atoms with Gasteiger partial charge in [0.25, 0.3) is 0 Å². The third-order valence-electron chi connectivity index (χ3n) is 4.86. The molecule has 1 aliphatic heterocycles. The minimum atomic E-state index is -1.30. The average Bonchev–Trinajstić information content (AvgIpc) is 2.79. The van der Waals surface area contributed by atoms with Crippen LogP contribution in [-0.2, 0) is 35.2 Å². The largest absolute Gasteiger partial charge is 0.480 e. The summed E-state index contributed by atoms with van der Waals surface area (Å²) in [6.45, 7) is -0.0430. The van der Waals surface area contributed by atoms with E-state index in [1.54, 1.807) is 24.3 Å². The van der Waals surface area contributed by atoms with Gasteiger partial charge >= 0.3 is 24.0 Å². The van der Waals surface area contributed by atoms with Crippen LogP contribution in [0, 0.1) is 5.92 Å². The number of methoxy groups -OCH3 is 2. The van der Waals surface area contributed by atoms with E-state index in [4.69, 9.17) is 4.74 Å². The molecule has 1 fully saturated rings. The Balaban J connectivity index is 2.30. The van der Waals surface area contributed by atoms with Crippen LogP contribution in [0.3, 0.4) is 0 Å². The fourth-order valence-corrected chi connectivity index (χ4v) is 3.34. The van der Waals surface area contributed by atoms with Gasteiger partial charge < -0.3 is 19.3 Å². The molecule has 2 rings (SSSR count). The number of nitrogens with zero attached hydrogens (tertiary/aromatic N) is 1. The maximum absolute atomic E-state index is 12.9. The summed E-state index contributed by atoms with van der Waals surface area (Å²) >= 11 is 0. The van der Waals surface area contributed by atoms with Crippen LogP contribution >= 0.6 is 0 Å². The number of likely N-dealkylation sites (tertiary alicyclic amines) is 1. The van der Waals surface area contributed by atoms with E-state index in [9.17, 15) is 24.3 Å². The molecule has 1 aromatic rings. The van der Waals surface area contributed by atoms with Crippen molar-refractivity contribution in [1.29, 1.82) is 0 Å². The van der Waals surface area contributed by atoms with Crippen LogP contribution in [-0.4, -0.2) is 60.3 Å². The molecule has 0 bridgehead atoms. The fraction of sp³-hybridized carbons (Fsp3) is 0.364. The van der Waals surface area contributed by atoms with Gasteiger partial charge in [0.2, 0.25) is 0 Å². The van der Waals surface area contributed by atoms with E-state index < -0.39 is 42.0 Å². The normalized spacial score (nSPS) is 21.1. The number of carboxylic acids is 1. The molecule has 1 heterocycles. The van der Waals surface area contributed by atoms with Crippen molar-refractivity contribution in [2.75, 3.05) is 14.2 Å². The van der Waals surface area contributed by atoms with Crippen LogP contribution in [0.4, 0.5) is 4.79 Å². The Morgan fingerprint density at radius 1 is 1.00 bits per heavy atom. The summed E-state index contributed by atoms with van der Waals surface area (Å²) < 4.78 is 14.5. The van der Waals surface area contributed by atoms with Crippen LogP contribution in [0.2, 0.25) is 0 Å². The summed E-state index contributed by atoms with van der Waals surface area (Å²) in [6, 6.07) is 6.95. The van der Waals surface area contributed by atoms with Crippen molar-refractivity contribution in [2.24, 2.45) is 5.92 Å². The van der Waals surface area contributed by atoms with E-state index in [2.05, 4.69) is 9.47 Å². The Labute approximate surface area is 179 Å². The van der Waals surface area contributed by atoms with Gasteiger partial charge in [-0.1, -0.05) is 42.5 Å². The van der Waals surface area contributed by atoms with E-state index >= 15 is 0 Å². The molecule has 0 spiro atoms. The second-order valence-electron chi connectivity index (χ2n) is 6.80. The number of carbonyl (C=O) groups excluding carboxylic acids is 3. The fourth-order valence-electron chi connectivity index (χ4n) is 3.34. The standard InChI is InChI=1S/C22H25NO8/c1-29-18(24)12-9-16-8-10-17(11-13-19(25)30-2)23(20(16)21(26)27)22(28)31-14-15-6-4-3-5-7-15/h3-7,9,11-13,16-17,20H,8,10,14H2,1-2H3,(H,26,27)/b12-9+,13-11+/t16-,17+,20+/m1/s1. The quantitative estimate of drug-likeness (QED) is 0.397. The SMILES string of the molecule is COC(=O)/C=C/[C@@H]1CC[C@H](/C=C/C(=O)OC)[C@@H](C(=O)O)N1C(=O)OCc1ccccc1. The number of hydrogen-bond acceptors (Lipinski definition) is 7. The van der Waals surface area contributed by atoms with Gasteiger partial charge in [0.15, 0.2) is 0 Å². The highest BCUT2D eigenvalue weighted by Gasteiger charge is 2.43. The molecule has 3 atom stereocenters. The molecule has 0 aliphatic carbocycles. The molecule has 1 aromatic carbocycles. The Bertz CT molecular complexity index is 848. The minimum absolute atomic E-state index is 0.0430. The monoisotopic (exact) mass is 431 g/mol. The first-order valence-corrected chi connectivity index (χ1v) is 9.61.